The molecule has 1 amide bonds. The molecule has 0 fully saturated rings. The van der Waals surface area contributed by atoms with Crippen molar-refractivity contribution in [2.75, 3.05) is 31.1 Å². The Morgan fingerprint density at radius 3 is 2.44 bits per heavy atom. The standard InChI is InChI=1S/C21H24ClN3OS/c1-4-24(5-2)12-13-25(20(26)16-8-6-15(3)7-9-16)21-23-18-11-10-17(22)14-19(18)27-21/h6-11,14H,4-5,12-13H2,1-3H3. The number of aryl methyl sites for hydroxylation is 1. The second-order valence-corrected chi connectivity index (χ2v) is 7.90. The molecule has 3 aromatic rings. The summed E-state index contributed by atoms with van der Waals surface area (Å²) in [6, 6.07) is 13.3. The number of benzene rings is 2. The first-order valence-electron chi connectivity index (χ1n) is 9.18. The van der Waals surface area contributed by atoms with Gasteiger partial charge in [0.2, 0.25) is 0 Å². The Hall–Kier alpha value is -1.95. The number of carbonyl (C=O) groups excluding carboxylic acids is 1. The number of anilines is 1. The van der Waals surface area contributed by atoms with Gasteiger partial charge in [-0.3, -0.25) is 9.69 Å². The highest BCUT2D eigenvalue weighted by Crippen LogP contribution is 2.31. The van der Waals surface area contributed by atoms with Gasteiger partial charge in [-0.15, -0.1) is 0 Å². The van der Waals surface area contributed by atoms with Crippen molar-refractivity contribution in [3.63, 3.8) is 0 Å². The van der Waals surface area contributed by atoms with E-state index in [4.69, 9.17) is 16.6 Å². The number of halogens is 1. The van der Waals surface area contributed by atoms with Gasteiger partial charge in [-0.05, 0) is 50.3 Å². The van der Waals surface area contributed by atoms with Crippen LogP contribution >= 0.6 is 22.9 Å². The van der Waals surface area contributed by atoms with Gasteiger partial charge < -0.3 is 4.90 Å². The van der Waals surface area contributed by atoms with E-state index in [1.807, 2.05) is 49.4 Å². The van der Waals surface area contributed by atoms with Crippen molar-refractivity contribution in [3.8, 4) is 0 Å². The molecule has 0 spiro atoms. The lowest BCUT2D eigenvalue weighted by molar-refractivity contribution is 0.0984. The minimum absolute atomic E-state index is 0.0210. The molecule has 0 bridgehead atoms. The molecule has 0 aliphatic heterocycles. The van der Waals surface area contributed by atoms with Crippen molar-refractivity contribution >= 4 is 44.2 Å². The van der Waals surface area contributed by atoms with E-state index in [0.29, 0.717) is 22.3 Å². The second kappa shape index (κ2) is 8.83. The number of likely N-dealkylation sites (N-methyl/N-ethyl adjacent to an activating group) is 1. The third-order valence-corrected chi connectivity index (χ3v) is 5.92. The summed E-state index contributed by atoms with van der Waals surface area (Å²) in [5.41, 5.74) is 2.68. The molecular formula is C21H24ClN3OS. The molecule has 0 aliphatic carbocycles. The first-order valence-corrected chi connectivity index (χ1v) is 10.4. The van der Waals surface area contributed by atoms with Crippen LogP contribution in [0.2, 0.25) is 5.02 Å². The highest BCUT2D eigenvalue weighted by molar-refractivity contribution is 7.22. The summed E-state index contributed by atoms with van der Waals surface area (Å²) in [5.74, 6) is -0.0210. The summed E-state index contributed by atoms with van der Waals surface area (Å²) in [6.07, 6.45) is 0. The number of hydrogen-bond acceptors (Lipinski definition) is 4. The fourth-order valence-electron chi connectivity index (χ4n) is 2.92. The van der Waals surface area contributed by atoms with Crippen LogP contribution in [0.3, 0.4) is 0 Å². The maximum absolute atomic E-state index is 13.2. The fraction of sp³-hybridized carbons (Fsp3) is 0.333. The lowest BCUT2D eigenvalue weighted by atomic mass is 10.1. The van der Waals surface area contributed by atoms with Crippen molar-refractivity contribution in [1.82, 2.24) is 9.88 Å². The zero-order valence-electron chi connectivity index (χ0n) is 15.9. The SMILES string of the molecule is CCN(CC)CCN(C(=O)c1ccc(C)cc1)c1nc2ccc(Cl)cc2s1. The lowest BCUT2D eigenvalue weighted by Crippen LogP contribution is -2.38. The molecule has 4 nitrogen and oxygen atoms in total. The molecule has 0 saturated carbocycles. The van der Waals surface area contributed by atoms with E-state index in [0.717, 1.165) is 35.4 Å². The maximum atomic E-state index is 13.2. The summed E-state index contributed by atoms with van der Waals surface area (Å²) < 4.78 is 0.988. The summed E-state index contributed by atoms with van der Waals surface area (Å²) >= 11 is 7.62. The van der Waals surface area contributed by atoms with E-state index in [1.54, 1.807) is 4.90 Å². The average Bonchev–Trinajstić information content (AvgIpc) is 3.08. The van der Waals surface area contributed by atoms with Crippen LogP contribution in [0, 0.1) is 6.92 Å². The number of thiazole rings is 1. The molecule has 142 valence electrons. The normalized spacial score (nSPS) is 11.3. The Balaban J connectivity index is 1.94. The van der Waals surface area contributed by atoms with E-state index in [-0.39, 0.29) is 5.91 Å². The summed E-state index contributed by atoms with van der Waals surface area (Å²) in [7, 11) is 0. The fourth-order valence-corrected chi connectivity index (χ4v) is 4.19. The van der Waals surface area contributed by atoms with Crippen LogP contribution in [0.4, 0.5) is 5.13 Å². The molecule has 0 N–H and O–H groups in total. The predicted octanol–water partition coefficient (Wildman–Crippen LogP) is 5.25. The van der Waals surface area contributed by atoms with Crippen molar-refractivity contribution in [1.29, 1.82) is 0 Å². The number of nitrogens with zero attached hydrogens (tertiary/aromatic N) is 3. The minimum atomic E-state index is -0.0210. The van der Waals surface area contributed by atoms with Crippen LogP contribution in [0.25, 0.3) is 10.2 Å². The van der Waals surface area contributed by atoms with Crippen LogP contribution in [-0.2, 0) is 0 Å². The van der Waals surface area contributed by atoms with Gasteiger partial charge >= 0.3 is 0 Å². The Kier molecular flexibility index (Phi) is 6.47. The third kappa shape index (κ3) is 4.67. The third-order valence-electron chi connectivity index (χ3n) is 4.65. The Morgan fingerprint density at radius 1 is 1.07 bits per heavy atom. The van der Waals surface area contributed by atoms with E-state index in [2.05, 4.69) is 18.7 Å². The lowest BCUT2D eigenvalue weighted by Gasteiger charge is -2.24. The number of fused-ring (bicyclic) bond motifs is 1. The Bertz CT molecular complexity index is 919. The number of amides is 1. The minimum Gasteiger partial charge on any atom is -0.302 e. The van der Waals surface area contributed by atoms with E-state index in [9.17, 15) is 4.79 Å². The first-order chi connectivity index (χ1) is 13.0. The van der Waals surface area contributed by atoms with Gasteiger partial charge in [0.15, 0.2) is 5.13 Å². The van der Waals surface area contributed by atoms with Gasteiger partial charge in [0, 0.05) is 23.7 Å². The van der Waals surface area contributed by atoms with Crippen molar-refractivity contribution in [2.24, 2.45) is 0 Å². The largest absolute Gasteiger partial charge is 0.302 e. The quantitative estimate of drug-likeness (QED) is 0.542. The zero-order chi connectivity index (χ0) is 19.4. The summed E-state index contributed by atoms with van der Waals surface area (Å²) in [6.45, 7) is 9.61. The maximum Gasteiger partial charge on any atom is 0.260 e. The first kappa shape index (κ1) is 19.8. The highest BCUT2D eigenvalue weighted by atomic mass is 35.5. The smallest absolute Gasteiger partial charge is 0.260 e. The number of aromatic nitrogens is 1. The Labute approximate surface area is 169 Å². The topological polar surface area (TPSA) is 36.4 Å². The molecule has 1 heterocycles. The van der Waals surface area contributed by atoms with Gasteiger partial charge in [0.1, 0.15) is 0 Å². The highest BCUT2D eigenvalue weighted by Gasteiger charge is 2.22. The summed E-state index contributed by atoms with van der Waals surface area (Å²) in [5, 5.41) is 1.39. The summed E-state index contributed by atoms with van der Waals surface area (Å²) in [4.78, 5) is 22.0. The van der Waals surface area contributed by atoms with Crippen LogP contribution in [-0.4, -0.2) is 42.0 Å². The van der Waals surface area contributed by atoms with Gasteiger partial charge in [0.05, 0.1) is 10.2 Å². The molecule has 0 saturated heterocycles. The second-order valence-electron chi connectivity index (χ2n) is 6.46. The molecule has 0 atom stereocenters. The molecule has 1 aromatic heterocycles. The van der Waals surface area contributed by atoms with Crippen molar-refractivity contribution in [2.45, 2.75) is 20.8 Å². The molecule has 6 heteroatoms. The number of rotatable bonds is 7. The number of hydrogen-bond donors (Lipinski definition) is 0. The predicted molar refractivity (Wildman–Crippen MR) is 115 cm³/mol. The van der Waals surface area contributed by atoms with Gasteiger partial charge in [-0.25, -0.2) is 4.98 Å². The molecule has 0 radical (unpaired) electrons. The molecule has 0 unspecified atom stereocenters. The van der Waals surface area contributed by atoms with E-state index in [1.165, 1.54) is 11.3 Å². The monoisotopic (exact) mass is 401 g/mol. The molecule has 0 aliphatic rings. The van der Waals surface area contributed by atoms with Crippen LogP contribution in [0.5, 0.6) is 0 Å². The van der Waals surface area contributed by atoms with Crippen LogP contribution in [0.15, 0.2) is 42.5 Å². The Morgan fingerprint density at radius 2 is 1.78 bits per heavy atom. The molecular weight excluding hydrogens is 378 g/mol. The zero-order valence-corrected chi connectivity index (χ0v) is 17.5. The average molecular weight is 402 g/mol. The molecule has 27 heavy (non-hydrogen) atoms. The van der Waals surface area contributed by atoms with Crippen molar-refractivity contribution in [3.05, 3.63) is 58.6 Å². The van der Waals surface area contributed by atoms with Crippen LogP contribution in [0.1, 0.15) is 29.8 Å². The van der Waals surface area contributed by atoms with E-state index < -0.39 is 0 Å². The van der Waals surface area contributed by atoms with Crippen molar-refractivity contribution < 1.29 is 4.79 Å². The molecule has 2 aromatic carbocycles. The number of carbonyl (C=O) groups is 1. The van der Waals surface area contributed by atoms with Gasteiger partial charge in [0.25, 0.3) is 5.91 Å². The van der Waals surface area contributed by atoms with E-state index >= 15 is 0 Å². The molecule has 3 rings (SSSR count). The van der Waals surface area contributed by atoms with Crippen LogP contribution < -0.4 is 4.90 Å². The van der Waals surface area contributed by atoms with Gasteiger partial charge in [-0.2, -0.15) is 0 Å². The van der Waals surface area contributed by atoms with Gasteiger partial charge in [-0.1, -0.05) is 54.5 Å².